The highest BCUT2D eigenvalue weighted by atomic mass is 16.5. The van der Waals surface area contributed by atoms with Gasteiger partial charge in [0, 0.05) is 37.7 Å². The zero-order valence-electron chi connectivity index (χ0n) is 14.9. The summed E-state index contributed by atoms with van der Waals surface area (Å²) >= 11 is 0. The second-order valence-corrected chi connectivity index (χ2v) is 6.51. The first-order valence-corrected chi connectivity index (χ1v) is 8.51. The first-order chi connectivity index (χ1) is 12.5. The van der Waals surface area contributed by atoms with Gasteiger partial charge in [-0.15, -0.1) is 0 Å². The Morgan fingerprint density at radius 1 is 1.15 bits per heavy atom. The topological polar surface area (TPSA) is 64.4 Å². The maximum absolute atomic E-state index is 13.0. The third kappa shape index (κ3) is 2.54. The molecule has 2 heterocycles. The van der Waals surface area contributed by atoms with Crippen molar-refractivity contribution in [3.63, 3.8) is 0 Å². The van der Waals surface area contributed by atoms with Gasteiger partial charge in [-0.25, -0.2) is 0 Å². The Labute approximate surface area is 151 Å². The van der Waals surface area contributed by atoms with Crippen LogP contribution in [0.3, 0.4) is 0 Å². The molecule has 0 saturated carbocycles. The van der Waals surface area contributed by atoms with Gasteiger partial charge < -0.3 is 9.64 Å². The second kappa shape index (κ2) is 5.98. The number of carbonyl (C=O) groups excluding carboxylic acids is 2. The van der Waals surface area contributed by atoms with Crippen molar-refractivity contribution in [1.29, 1.82) is 0 Å². The molecule has 0 N–H and O–H groups in total. The summed E-state index contributed by atoms with van der Waals surface area (Å²) in [5, 5.41) is 6.19. The predicted octanol–water partition coefficient (Wildman–Crippen LogP) is 3.01. The number of esters is 1. The number of nitrogens with zero attached hydrogens (tertiary/aromatic N) is 3. The molecule has 4 rings (SSSR count). The van der Waals surface area contributed by atoms with Gasteiger partial charge in [-0.3, -0.25) is 14.3 Å². The van der Waals surface area contributed by atoms with Crippen LogP contribution in [0.5, 0.6) is 5.75 Å². The number of hydrogen-bond donors (Lipinski definition) is 0. The van der Waals surface area contributed by atoms with Crippen molar-refractivity contribution >= 4 is 28.3 Å². The number of anilines is 1. The van der Waals surface area contributed by atoms with Crippen LogP contribution in [0.4, 0.5) is 5.69 Å². The van der Waals surface area contributed by atoms with Crippen molar-refractivity contribution in [3.05, 3.63) is 53.3 Å². The van der Waals surface area contributed by atoms with Gasteiger partial charge in [-0.05, 0) is 30.4 Å². The van der Waals surface area contributed by atoms with E-state index in [1.807, 2.05) is 38.2 Å². The molecule has 6 heteroatoms. The molecule has 0 saturated heterocycles. The van der Waals surface area contributed by atoms with Crippen LogP contribution in [0.25, 0.3) is 10.8 Å². The monoisotopic (exact) mass is 349 g/mol. The normalized spacial score (nSPS) is 13.1. The van der Waals surface area contributed by atoms with Gasteiger partial charge in [0.15, 0.2) is 5.69 Å². The van der Waals surface area contributed by atoms with E-state index in [1.165, 1.54) is 6.92 Å². The molecule has 0 bridgehead atoms. The summed E-state index contributed by atoms with van der Waals surface area (Å²) in [6.07, 6.45) is 0.758. The van der Waals surface area contributed by atoms with Gasteiger partial charge >= 0.3 is 5.97 Å². The molecule has 1 amide bonds. The number of ether oxygens (including phenoxy) is 1. The molecule has 0 unspecified atom stereocenters. The standard InChI is InChI=1S/C20H19N3O3/c1-12-10-17(21-22(12)3)20(25)23-9-8-15-14-6-4-5-7-16(14)19(11-18(15)23)26-13(2)24/h4-7,10-11H,8-9H2,1-3H3. The minimum atomic E-state index is -0.383. The van der Waals surface area contributed by atoms with E-state index in [4.69, 9.17) is 4.74 Å². The number of fused-ring (bicyclic) bond motifs is 3. The van der Waals surface area contributed by atoms with Gasteiger partial charge in [-0.2, -0.15) is 5.10 Å². The van der Waals surface area contributed by atoms with Crippen LogP contribution in [0.15, 0.2) is 36.4 Å². The molecule has 0 atom stereocenters. The molecule has 2 aromatic carbocycles. The average molecular weight is 349 g/mol. The third-order valence-electron chi connectivity index (χ3n) is 4.80. The van der Waals surface area contributed by atoms with Crippen LogP contribution in [0.1, 0.15) is 28.7 Å². The highest BCUT2D eigenvalue weighted by Crippen LogP contribution is 2.40. The zero-order chi connectivity index (χ0) is 18.4. The molecule has 1 aliphatic rings. The molecule has 6 nitrogen and oxygen atoms in total. The second-order valence-electron chi connectivity index (χ2n) is 6.51. The lowest BCUT2D eigenvalue weighted by Crippen LogP contribution is -2.29. The van der Waals surface area contributed by atoms with Crippen molar-refractivity contribution in [3.8, 4) is 5.75 Å². The highest BCUT2D eigenvalue weighted by molar-refractivity contribution is 6.09. The largest absolute Gasteiger partial charge is 0.426 e. The maximum atomic E-state index is 13.0. The lowest BCUT2D eigenvalue weighted by atomic mass is 10.0. The third-order valence-corrected chi connectivity index (χ3v) is 4.80. The van der Waals surface area contributed by atoms with E-state index in [2.05, 4.69) is 5.10 Å². The number of aromatic nitrogens is 2. The van der Waals surface area contributed by atoms with Crippen molar-refractivity contribution in [2.75, 3.05) is 11.4 Å². The quantitative estimate of drug-likeness (QED) is 0.527. The number of aryl methyl sites for hydroxylation is 2. The van der Waals surface area contributed by atoms with Crippen LogP contribution in [0.2, 0.25) is 0 Å². The predicted molar refractivity (Wildman–Crippen MR) is 98.6 cm³/mol. The lowest BCUT2D eigenvalue weighted by molar-refractivity contribution is -0.131. The van der Waals surface area contributed by atoms with E-state index in [1.54, 1.807) is 21.7 Å². The Morgan fingerprint density at radius 2 is 1.88 bits per heavy atom. The lowest BCUT2D eigenvalue weighted by Gasteiger charge is -2.18. The molecule has 1 aromatic heterocycles. The number of rotatable bonds is 2. The molecule has 0 radical (unpaired) electrons. The fraction of sp³-hybridized carbons (Fsp3) is 0.250. The van der Waals surface area contributed by atoms with E-state index in [9.17, 15) is 9.59 Å². The van der Waals surface area contributed by atoms with Crippen LogP contribution in [-0.4, -0.2) is 28.2 Å². The van der Waals surface area contributed by atoms with Gasteiger partial charge in [0.1, 0.15) is 5.75 Å². The Bertz CT molecular complexity index is 1030. The number of amides is 1. The summed E-state index contributed by atoms with van der Waals surface area (Å²) in [5.74, 6) is -0.0495. The summed E-state index contributed by atoms with van der Waals surface area (Å²) in [4.78, 5) is 26.2. The Balaban J connectivity index is 1.84. The minimum Gasteiger partial charge on any atom is -0.426 e. The van der Waals surface area contributed by atoms with Crippen molar-refractivity contribution in [2.45, 2.75) is 20.3 Å². The summed E-state index contributed by atoms with van der Waals surface area (Å²) in [5.41, 5.74) is 3.22. The van der Waals surface area contributed by atoms with E-state index in [0.29, 0.717) is 18.0 Å². The fourth-order valence-corrected chi connectivity index (χ4v) is 3.49. The summed E-state index contributed by atoms with van der Waals surface area (Å²) in [6, 6.07) is 11.4. The molecule has 3 aromatic rings. The maximum Gasteiger partial charge on any atom is 0.308 e. The van der Waals surface area contributed by atoms with E-state index in [0.717, 1.165) is 34.1 Å². The zero-order valence-corrected chi connectivity index (χ0v) is 14.9. The Kier molecular flexibility index (Phi) is 3.76. The van der Waals surface area contributed by atoms with Crippen LogP contribution in [0, 0.1) is 6.92 Å². The molecular formula is C20H19N3O3. The molecule has 0 aliphatic carbocycles. The minimum absolute atomic E-state index is 0.142. The SMILES string of the molecule is CC(=O)Oc1cc2c(c3ccccc13)CCN2C(=O)c1cc(C)n(C)n1. The van der Waals surface area contributed by atoms with Crippen molar-refractivity contribution in [2.24, 2.45) is 7.05 Å². The molecule has 26 heavy (non-hydrogen) atoms. The number of benzene rings is 2. The van der Waals surface area contributed by atoms with Gasteiger partial charge in [0.05, 0.1) is 5.69 Å². The molecule has 0 spiro atoms. The van der Waals surface area contributed by atoms with Gasteiger partial charge in [0.2, 0.25) is 0 Å². The van der Waals surface area contributed by atoms with Gasteiger partial charge in [0.25, 0.3) is 5.91 Å². The first-order valence-electron chi connectivity index (χ1n) is 8.51. The fourth-order valence-electron chi connectivity index (χ4n) is 3.49. The number of hydrogen-bond acceptors (Lipinski definition) is 4. The molecule has 0 fully saturated rings. The molecular weight excluding hydrogens is 330 g/mol. The van der Waals surface area contributed by atoms with Crippen LogP contribution in [-0.2, 0) is 18.3 Å². The summed E-state index contributed by atoms with van der Waals surface area (Å²) in [7, 11) is 1.82. The summed E-state index contributed by atoms with van der Waals surface area (Å²) < 4.78 is 7.10. The number of carbonyl (C=O) groups is 2. The average Bonchev–Trinajstić information content (AvgIpc) is 3.18. The Morgan fingerprint density at radius 3 is 2.54 bits per heavy atom. The first kappa shape index (κ1) is 16.3. The Hall–Kier alpha value is -3.15. The van der Waals surface area contributed by atoms with Crippen LogP contribution < -0.4 is 9.64 Å². The van der Waals surface area contributed by atoms with E-state index < -0.39 is 0 Å². The van der Waals surface area contributed by atoms with Crippen molar-refractivity contribution < 1.29 is 14.3 Å². The van der Waals surface area contributed by atoms with Crippen molar-refractivity contribution in [1.82, 2.24) is 9.78 Å². The van der Waals surface area contributed by atoms with E-state index >= 15 is 0 Å². The smallest absolute Gasteiger partial charge is 0.308 e. The summed E-state index contributed by atoms with van der Waals surface area (Å²) in [6.45, 7) is 3.87. The van der Waals surface area contributed by atoms with Gasteiger partial charge in [-0.1, -0.05) is 24.3 Å². The molecule has 1 aliphatic heterocycles. The van der Waals surface area contributed by atoms with E-state index in [-0.39, 0.29) is 11.9 Å². The molecule has 132 valence electrons. The van der Waals surface area contributed by atoms with Crippen LogP contribution >= 0.6 is 0 Å². The highest BCUT2D eigenvalue weighted by Gasteiger charge is 2.30.